The molecule has 1 saturated heterocycles. The summed E-state index contributed by atoms with van der Waals surface area (Å²) in [7, 11) is 0. The lowest BCUT2D eigenvalue weighted by molar-refractivity contribution is -0.139. The van der Waals surface area contributed by atoms with Crippen LogP contribution < -0.4 is 16.0 Å². The average molecular weight is 506 g/mol. The Hall–Kier alpha value is -2.23. The van der Waals surface area contributed by atoms with Gasteiger partial charge in [0, 0.05) is 35.6 Å². The minimum absolute atomic E-state index is 0.287. The van der Waals surface area contributed by atoms with Gasteiger partial charge in [0.1, 0.15) is 11.9 Å². The number of thioether (sulfide) groups is 1. The van der Waals surface area contributed by atoms with Crippen molar-refractivity contribution in [1.82, 2.24) is 10.6 Å². The molecule has 0 saturated carbocycles. The zero-order chi connectivity index (χ0) is 24.5. The molecular formula is C25H32FN3O3S2. The van der Waals surface area contributed by atoms with E-state index in [1.54, 1.807) is 18.2 Å². The molecule has 0 aromatic heterocycles. The number of carboxylic acid groups (broad SMARTS) is 1. The van der Waals surface area contributed by atoms with Crippen molar-refractivity contribution in [2.24, 2.45) is 0 Å². The molecule has 9 heteroatoms. The largest absolute Gasteiger partial charge is 0.480 e. The van der Waals surface area contributed by atoms with Crippen molar-refractivity contribution in [2.75, 3.05) is 30.4 Å². The van der Waals surface area contributed by atoms with Crippen molar-refractivity contribution in [3.8, 4) is 0 Å². The van der Waals surface area contributed by atoms with Crippen LogP contribution in [0.1, 0.15) is 34.3 Å². The third kappa shape index (κ3) is 7.92. The number of aliphatic carboxylic acids is 1. The summed E-state index contributed by atoms with van der Waals surface area (Å²) in [5.41, 5.74) is 3.04. The molecule has 2 aromatic carbocycles. The van der Waals surface area contributed by atoms with Gasteiger partial charge in [0.25, 0.3) is 5.91 Å². The van der Waals surface area contributed by atoms with E-state index in [1.165, 1.54) is 23.9 Å². The second-order valence-electron chi connectivity index (χ2n) is 8.52. The van der Waals surface area contributed by atoms with Crippen LogP contribution >= 0.6 is 24.4 Å². The maximum atomic E-state index is 13.2. The maximum Gasteiger partial charge on any atom is 0.326 e. The number of benzene rings is 2. The van der Waals surface area contributed by atoms with Gasteiger partial charge in [-0.1, -0.05) is 18.2 Å². The van der Waals surface area contributed by atoms with Crippen LogP contribution in [0.5, 0.6) is 0 Å². The zero-order valence-corrected chi connectivity index (χ0v) is 20.9. The number of halogens is 1. The Balaban J connectivity index is 1.76. The third-order valence-electron chi connectivity index (χ3n) is 5.92. The van der Waals surface area contributed by atoms with Gasteiger partial charge < -0.3 is 21.1 Å². The number of nitrogens with one attached hydrogen (secondary N) is 3. The number of hydrogen-bond donors (Lipinski definition) is 5. The quantitative estimate of drug-likeness (QED) is 0.283. The number of amides is 1. The Kier molecular flexibility index (Phi) is 10.1. The van der Waals surface area contributed by atoms with Crippen LogP contribution in [-0.4, -0.2) is 59.4 Å². The van der Waals surface area contributed by atoms with Crippen molar-refractivity contribution >= 4 is 42.0 Å². The van der Waals surface area contributed by atoms with E-state index in [4.69, 9.17) is 0 Å². The molecule has 3 atom stereocenters. The number of aryl methyl sites for hydroxylation is 2. The van der Waals surface area contributed by atoms with Gasteiger partial charge in [0.15, 0.2) is 0 Å². The Labute approximate surface area is 209 Å². The first-order chi connectivity index (χ1) is 16.4. The van der Waals surface area contributed by atoms with Crippen LogP contribution in [0.15, 0.2) is 42.5 Å². The van der Waals surface area contributed by atoms with E-state index >= 15 is 0 Å². The molecule has 0 radical (unpaired) electrons. The van der Waals surface area contributed by atoms with E-state index < -0.39 is 17.9 Å². The van der Waals surface area contributed by atoms with Crippen molar-refractivity contribution in [2.45, 2.75) is 43.0 Å². The van der Waals surface area contributed by atoms with Crippen LogP contribution in [0.3, 0.4) is 0 Å². The number of thiol groups is 1. The maximum absolute atomic E-state index is 13.2. The highest BCUT2D eigenvalue weighted by Gasteiger charge is 2.23. The molecule has 0 spiro atoms. The van der Waals surface area contributed by atoms with Gasteiger partial charge in [-0.2, -0.15) is 24.4 Å². The molecule has 1 aliphatic rings. The van der Waals surface area contributed by atoms with E-state index in [0.29, 0.717) is 48.4 Å². The molecule has 6 nitrogen and oxygen atoms in total. The van der Waals surface area contributed by atoms with Gasteiger partial charge in [0.2, 0.25) is 0 Å². The molecule has 1 aliphatic heterocycles. The summed E-state index contributed by atoms with van der Waals surface area (Å²) >= 11 is 6.05. The van der Waals surface area contributed by atoms with E-state index in [1.807, 2.05) is 18.4 Å². The van der Waals surface area contributed by atoms with Gasteiger partial charge in [-0.25, -0.2) is 9.18 Å². The van der Waals surface area contributed by atoms with Gasteiger partial charge in [0.05, 0.1) is 0 Å². The molecule has 4 N–H and O–H groups in total. The third-order valence-corrected chi connectivity index (χ3v) is 6.95. The van der Waals surface area contributed by atoms with Crippen molar-refractivity contribution in [1.29, 1.82) is 0 Å². The van der Waals surface area contributed by atoms with E-state index in [0.717, 1.165) is 29.8 Å². The van der Waals surface area contributed by atoms with Crippen LogP contribution in [0, 0.1) is 5.82 Å². The van der Waals surface area contributed by atoms with E-state index in [-0.39, 0.29) is 5.82 Å². The van der Waals surface area contributed by atoms with Gasteiger partial charge >= 0.3 is 5.97 Å². The Morgan fingerprint density at radius 3 is 2.65 bits per heavy atom. The molecule has 184 valence electrons. The summed E-state index contributed by atoms with van der Waals surface area (Å²) in [6, 6.07) is 11.3. The molecular weight excluding hydrogens is 473 g/mol. The number of rotatable bonds is 12. The number of carbonyl (C=O) groups is 2. The fourth-order valence-corrected chi connectivity index (χ4v) is 4.80. The zero-order valence-electron chi connectivity index (χ0n) is 19.2. The number of carbonyl (C=O) groups excluding carboxylic acids is 1. The van der Waals surface area contributed by atoms with Gasteiger partial charge in [-0.3, -0.25) is 4.79 Å². The van der Waals surface area contributed by atoms with Crippen LogP contribution in [0.2, 0.25) is 0 Å². The average Bonchev–Trinajstić information content (AvgIpc) is 3.25. The standard InChI is InChI=1S/C25H32FN3O3S2/c1-34-11-10-23(25(31)32)29-24(30)22-13-19(27-14-20-12-21(33)15-28-20)9-6-17(22)5-2-16-3-7-18(26)8-4-16/h3-4,6-9,13,20-21,23,27-28,33H,2,5,10-12,14-15H2,1H3,(H,29,30)(H,31,32). The first kappa shape index (κ1) is 26.4. The summed E-state index contributed by atoms with van der Waals surface area (Å²) in [5, 5.41) is 19.4. The molecule has 2 aromatic rings. The second-order valence-corrected chi connectivity index (χ2v) is 10.2. The molecule has 0 bridgehead atoms. The SMILES string of the molecule is CSCCC(NC(=O)c1cc(NCC2CC(S)CN2)ccc1CCc1ccc(F)cc1)C(=O)O. The second kappa shape index (κ2) is 13.0. The summed E-state index contributed by atoms with van der Waals surface area (Å²) in [6.45, 7) is 1.58. The molecule has 34 heavy (non-hydrogen) atoms. The van der Waals surface area contributed by atoms with Crippen LogP contribution in [-0.2, 0) is 17.6 Å². The molecule has 1 amide bonds. The summed E-state index contributed by atoms with van der Waals surface area (Å²) < 4.78 is 13.2. The molecule has 1 heterocycles. The molecule has 0 aliphatic carbocycles. The van der Waals surface area contributed by atoms with E-state index in [2.05, 4.69) is 28.6 Å². The molecule has 3 rings (SSSR count). The van der Waals surface area contributed by atoms with E-state index in [9.17, 15) is 19.1 Å². The first-order valence-electron chi connectivity index (χ1n) is 11.4. The highest BCUT2D eigenvalue weighted by molar-refractivity contribution is 7.98. The van der Waals surface area contributed by atoms with Crippen molar-refractivity contribution in [3.63, 3.8) is 0 Å². The summed E-state index contributed by atoms with van der Waals surface area (Å²) in [4.78, 5) is 24.8. The normalized spacial score (nSPS) is 18.4. The topological polar surface area (TPSA) is 90.5 Å². The first-order valence-corrected chi connectivity index (χ1v) is 13.3. The van der Waals surface area contributed by atoms with Crippen molar-refractivity contribution < 1.29 is 19.1 Å². The minimum atomic E-state index is -1.04. The fourth-order valence-electron chi connectivity index (χ4n) is 3.97. The summed E-state index contributed by atoms with van der Waals surface area (Å²) in [5.74, 6) is -1.10. The Morgan fingerprint density at radius 1 is 1.24 bits per heavy atom. The predicted octanol–water partition coefficient (Wildman–Crippen LogP) is 3.62. The fraction of sp³-hybridized carbons (Fsp3) is 0.440. The smallest absolute Gasteiger partial charge is 0.326 e. The monoisotopic (exact) mass is 505 g/mol. The van der Waals surface area contributed by atoms with Gasteiger partial charge in [-0.05, 0) is 73.1 Å². The lowest BCUT2D eigenvalue weighted by Gasteiger charge is -2.18. The van der Waals surface area contributed by atoms with Gasteiger partial charge in [-0.15, -0.1) is 0 Å². The Morgan fingerprint density at radius 2 is 2.00 bits per heavy atom. The minimum Gasteiger partial charge on any atom is -0.480 e. The number of carboxylic acids is 1. The number of anilines is 1. The number of hydrogen-bond acceptors (Lipinski definition) is 6. The highest BCUT2D eigenvalue weighted by Crippen LogP contribution is 2.20. The Bertz CT molecular complexity index is 974. The molecule has 3 unspecified atom stereocenters. The van der Waals surface area contributed by atoms with Crippen LogP contribution in [0.25, 0.3) is 0 Å². The van der Waals surface area contributed by atoms with Crippen molar-refractivity contribution in [3.05, 3.63) is 65.0 Å². The lowest BCUT2D eigenvalue weighted by Crippen LogP contribution is -2.41. The lowest BCUT2D eigenvalue weighted by atomic mass is 9.98. The highest BCUT2D eigenvalue weighted by atomic mass is 32.2. The predicted molar refractivity (Wildman–Crippen MR) is 140 cm³/mol. The molecule has 1 fully saturated rings. The summed E-state index contributed by atoms with van der Waals surface area (Å²) in [6.07, 6.45) is 4.43. The van der Waals surface area contributed by atoms with Crippen LogP contribution in [0.4, 0.5) is 10.1 Å².